The molecule has 4 aromatic rings. The normalized spacial score (nSPS) is 20.9. The van der Waals surface area contributed by atoms with Crippen LogP contribution in [0.15, 0.2) is 49.1 Å². The number of methoxy groups -OCH3 is 1. The van der Waals surface area contributed by atoms with E-state index in [9.17, 15) is 13.5 Å². The zero-order valence-corrected chi connectivity index (χ0v) is 23.5. The topological polar surface area (TPSA) is 170 Å². The quantitative estimate of drug-likeness (QED) is 0.265. The van der Waals surface area contributed by atoms with Crippen molar-refractivity contribution in [1.82, 2.24) is 34.3 Å². The number of pyridine rings is 1. The molecule has 0 atom stereocenters. The minimum Gasteiger partial charge on any atom is -0.480 e. The van der Waals surface area contributed by atoms with Crippen LogP contribution in [0, 0.1) is 0 Å². The molecule has 14 heteroatoms. The minimum absolute atomic E-state index is 0.171. The summed E-state index contributed by atoms with van der Waals surface area (Å²) in [7, 11) is -1.94. The molecule has 0 saturated heterocycles. The summed E-state index contributed by atoms with van der Waals surface area (Å²) in [5.41, 5.74) is 2.08. The van der Waals surface area contributed by atoms with Gasteiger partial charge in [-0.25, -0.2) is 23.4 Å². The average Bonchev–Trinajstić information content (AvgIpc) is 3.72. The fourth-order valence-electron chi connectivity index (χ4n) is 4.80. The highest BCUT2D eigenvalue weighted by Crippen LogP contribution is 2.34. The van der Waals surface area contributed by atoms with Gasteiger partial charge in [-0.05, 0) is 57.6 Å². The van der Waals surface area contributed by atoms with E-state index >= 15 is 0 Å². The maximum absolute atomic E-state index is 12.5. The second-order valence-corrected chi connectivity index (χ2v) is 12.8. The standard InChI is InChI=1S/C27H31N9O4S/c1-27(37)10-7-18(8-11-27)31-22-13-24(29-15-20(22)21-5-6-25(40-2)35-34-21)32-23-9-12-28-26(33-23)17-14-30-36(16-17)41(38,39)19-3-4-19/h5-6,9,12-16,18-19,37H,3-4,7-8,10-11H2,1-2H3,(H2,28,29,31,32,33). The Bertz CT molecular complexity index is 1640. The molecule has 2 aliphatic carbocycles. The van der Waals surface area contributed by atoms with E-state index in [1.807, 2.05) is 19.1 Å². The highest BCUT2D eigenvalue weighted by molar-refractivity contribution is 7.90. The predicted molar refractivity (Wildman–Crippen MR) is 152 cm³/mol. The molecule has 2 fully saturated rings. The Kier molecular flexibility index (Phi) is 7.03. The van der Waals surface area contributed by atoms with Crippen LogP contribution < -0.4 is 15.4 Å². The molecule has 0 radical (unpaired) electrons. The number of anilines is 3. The van der Waals surface area contributed by atoms with Gasteiger partial charge in [-0.15, -0.1) is 10.2 Å². The van der Waals surface area contributed by atoms with E-state index in [4.69, 9.17) is 4.74 Å². The number of ether oxygens (including phenoxy) is 1. The lowest BCUT2D eigenvalue weighted by atomic mass is 9.83. The van der Waals surface area contributed by atoms with Crippen LogP contribution in [0.5, 0.6) is 5.88 Å². The summed E-state index contributed by atoms with van der Waals surface area (Å²) in [5.74, 6) is 1.78. The first-order valence-electron chi connectivity index (χ1n) is 13.5. The van der Waals surface area contributed by atoms with Crippen molar-refractivity contribution in [3.05, 3.63) is 49.1 Å². The molecular weight excluding hydrogens is 546 g/mol. The van der Waals surface area contributed by atoms with Gasteiger partial charge in [0.25, 0.3) is 10.0 Å². The van der Waals surface area contributed by atoms with E-state index in [0.29, 0.717) is 60.3 Å². The molecule has 4 aromatic heterocycles. The summed E-state index contributed by atoms with van der Waals surface area (Å²) in [4.78, 5) is 13.5. The van der Waals surface area contributed by atoms with Crippen LogP contribution >= 0.6 is 0 Å². The number of aromatic nitrogens is 7. The Morgan fingerprint density at radius 1 is 1.05 bits per heavy atom. The molecule has 6 rings (SSSR count). The lowest BCUT2D eigenvalue weighted by Crippen LogP contribution is -2.35. The maximum Gasteiger partial charge on any atom is 0.256 e. The monoisotopic (exact) mass is 577 g/mol. The zero-order valence-electron chi connectivity index (χ0n) is 22.7. The van der Waals surface area contributed by atoms with Gasteiger partial charge in [0.2, 0.25) is 5.88 Å². The first kappa shape index (κ1) is 27.0. The number of nitrogens with one attached hydrogen (secondary N) is 2. The molecule has 0 amide bonds. The van der Waals surface area contributed by atoms with E-state index in [2.05, 4.69) is 40.9 Å². The number of hydrogen-bond acceptors (Lipinski definition) is 12. The van der Waals surface area contributed by atoms with E-state index < -0.39 is 15.6 Å². The summed E-state index contributed by atoms with van der Waals surface area (Å²) in [6, 6.07) is 7.33. The van der Waals surface area contributed by atoms with Gasteiger partial charge in [0, 0.05) is 41.8 Å². The molecule has 214 valence electrons. The number of hydrogen-bond donors (Lipinski definition) is 3. The molecule has 0 bridgehead atoms. The van der Waals surface area contributed by atoms with Gasteiger partial charge in [0.15, 0.2) is 5.82 Å². The number of rotatable bonds is 9. The first-order valence-corrected chi connectivity index (χ1v) is 15.0. The van der Waals surface area contributed by atoms with Crippen molar-refractivity contribution in [2.75, 3.05) is 17.7 Å². The molecule has 0 aromatic carbocycles. The Hall–Kier alpha value is -4.17. The van der Waals surface area contributed by atoms with Gasteiger partial charge in [-0.1, -0.05) is 0 Å². The summed E-state index contributed by atoms with van der Waals surface area (Å²) < 4.78 is 31.2. The highest BCUT2D eigenvalue weighted by atomic mass is 32.2. The van der Waals surface area contributed by atoms with Crippen LogP contribution in [0.3, 0.4) is 0 Å². The van der Waals surface area contributed by atoms with Crippen molar-refractivity contribution in [3.8, 4) is 28.5 Å². The fourth-order valence-corrected chi connectivity index (χ4v) is 6.28. The lowest BCUT2D eigenvalue weighted by molar-refractivity contribution is 0.0196. The molecule has 13 nitrogen and oxygen atoms in total. The smallest absolute Gasteiger partial charge is 0.256 e. The summed E-state index contributed by atoms with van der Waals surface area (Å²) >= 11 is 0. The number of aliphatic hydroxyl groups is 1. The number of nitrogens with zero attached hydrogens (tertiary/aromatic N) is 7. The summed E-state index contributed by atoms with van der Waals surface area (Å²) in [6.07, 6.45) is 10.6. The Morgan fingerprint density at radius 2 is 1.85 bits per heavy atom. The second kappa shape index (κ2) is 10.7. The van der Waals surface area contributed by atoms with Gasteiger partial charge < -0.3 is 20.5 Å². The Labute approximate surface area is 237 Å². The van der Waals surface area contributed by atoms with Gasteiger partial charge in [0.05, 0.1) is 41.6 Å². The molecule has 0 spiro atoms. The van der Waals surface area contributed by atoms with E-state index in [1.165, 1.54) is 19.5 Å². The van der Waals surface area contributed by atoms with E-state index in [-0.39, 0.29) is 11.3 Å². The van der Waals surface area contributed by atoms with Crippen LogP contribution in [0.25, 0.3) is 22.6 Å². The third-order valence-electron chi connectivity index (χ3n) is 7.39. The van der Waals surface area contributed by atoms with Gasteiger partial charge in [-0.3, -0.25) is 0 Å². The van der Waals surface area contributed by atoms with Crippen molar-refractivity contribution in [1.29, 1.82) is 0 Å². The van der Waals surface area contributed by atoms with Gasteiger partial charge in [-0.2, -0.15) is 9.19 Å². The van der Waals surface area contributed by atoms with Crippen molar-refractivity contribution in [3.63, 3.8) is 0 Å². The van der Waals surface area contributed by atoms with Crippen molar-refractivity contribution >= 4 is 27.3 Å². The molecule has 0 aliphatic heterocycles. The largest absolute Gasteiger partial charge is 0.480 e. The van der Waals surface area contributed by atoms with Crippen molar-refractivity contribution in [2.24, 2.45) is 0 Å². The summed E-state index contributed by atoms with van der Waals surface area (Å²) in [6.45, 7) is 1.88. The molecule has 41 heavy (non-hydrogen) atoms. The molecular formula is C27H31N9O4S. The zero-order chi connectivity index (χ0) is 28.6. The minimum atomic E-state index is -3.48. The maximum atomic E-state index is 12.5. The van der Waals surface area contributed by atoms with Crippen LogP contribution in [-0.2, 0) is 10.0 Å². The predicted octanol–water partition coefficient (Wildman–Crippen LogP) is 3.39. The molecule has 3 N–H and O–H groups in total. The SMILES string of the molecule is COc1ccc(-c2cnc(Nc3ccnc(-c4cnn(S(=O)(=O)C5CC5)c4)n3)cc2NC2CCC(C)(O)CC2)nn1. The average molecular weight is 578 g/mol. The highest BCUT2D eigenvalue weighted by Gasteiger charge is 2.37. The first-order chi connectivity index (χ1) is 19.7. The van der Waals surface area contributed by atoms with Crippen LogP contribution in [0.4, 0.5) is 17.3 Å². The molecule has 0 unspecified atom stereocenters. The molecule has 2 saturated carbocycles. The Balaban J connectivity index is 1.26. The van der Waals surface area contributed by atoms with Crippen molar-refractivity contribution < 1.29 is 18.3 Å². The second-order valence-electron chi connectivity index (χ2n) is 10.7. The van der Waals surface area contributed by atoms with Gasteiger partial charge in [0.1, 0.15) is 11.6 Å². The molecule has 4 heterocycles. The van der Waals surface area contributed by atoms with Crippen LogP contribution in [0.1, 0.15) is 45.4 Å². The van der Waals surface area contributed by atoms with E-state index in [1.54, 1.807) is 24.5 Å². The van der Waals surface area contributed by atoms with E-state index in [0.717, 1.165) is 28.2 Å². The van der Waals surface area contributed by atoms with Crippen molar-refractivity contribution in [2.45, 2.75) is 62.3 Å². The summed E-state index contributed by atoms with van der Waals surface area (Å²) in [5, 5.41) is 29.3. The Morgan fingerprint density at radius 3 is 2.56 bits per heavy atom. The lowest BCUT2D eigenvalue weighted by Gasteiger charge is -2.34. The third kappa shape index (κ3) is 5.98. The van der Waals surface area contributed by atoms with Gasteiger partial charge >= 0.3 is 0 Å². The van der Waals surface area contributed by atoms with Crippen LogP contribution in [-0.4, -0.2) is 71.9 Å². The van der Waals surface area contributed by atoms with Crippen LogP contribution in [0.2, 0.25) is 0 Å². The molecule has 2 aliphatic rings. The third-order valence-corrected chi connectivity index (χ3v) is 9.42. The fraction of sp³-hybridized carbons (Fsp3) is 0.407.